The van der Waals surface area contributed by atoms with Crippen LogP contribution in [-0.2, 0) is 5.75 Å². The molecule has 1 N–H and O–H groups in total. The molecule has 3 rings (SSSR count). The third-order valence-corrected chi connectivity index (χ3v) is 5.17. The maximum Gasteiger partial charge on any atom is 0.151 e. The van der Waals surface area contributed by atoms with E-state index in [0.717, 1.165) is 21.2 Å². The van der Waals surface area contributed by atoms with E-state index in [-0.39, 0.29) is 6.61 Å². The first-order chi connectivity index (χ1) is 10.4. The van der Waals surface area contributed by atoms with E-state index in [0.29, 0.717) is 0 Å². The van der Waals surface area contributed by atoms with Gasteiger partial charge in [-0.3, -0.25) is 0 Å². The molecule has 0 aliphatic rings. The van der Waals surface area contributed by atoms with E-state index in [9.17, 15) is 0 Å². The first kappa shape index (κ1) is 14.2. The molecule has 1 heterocycles. The molecule has 2 aromatic carbocycles. The van der Waals surface area contributed by atoms with Gasteiger partial charge in [-0.2, -0.15) is 0 Å². The molecule has 0 bridgehead atoms. The van der Waals surface area contributed by atoms with Crippen molar-refractivity contribution in [2.45, 2.75) is 10.1 Å². The van der Waals surface area contributed by atoms with Gasteiger partial charge in [-0.25, -0.2) is 4.98 Å². The van der Waals surface area contributed by atoms with Crippen LogP contribution in [-0.4, -0.2) is 16.7 Å². The van der Waals surface area contributed by atoms with Gasteiger partial charge in [-0.1, -0.05) is 53.9 Å². The lowest BCUT2D eigenvalue weighted by Gasteiger charge is -2.02. The van der Waals surface area contributed by atoms with E-state index in [2.05, 4.69) is 29.0 Å². The molecule has 0 unspecified atom stereocenters. The number of aromatic nitrogens is 1. The second kappa shape index (κ2) is 6.77. The van der Waals surface area contributed by atoms with Gasteiger partial charge in [0.15, 0.2) is 4.34 Å². The molecule has 1 aromatic heterocycles. The van der Waals surface area contributed by atoms with Crippen LogP contribution in [0.1, 0.15) is 11.1 Å². The molecule has 0 atom stereocenters. The normalized spacial score (nSPS) is 10.3. The molecule has 0 aliphatic carbocycles. The quantitative estimate of drug-likeness (QED) is 0.587. The summed E-state index contributed by atoms with van der Waals surface area (Å²) in [4.78, 5) is 4.63. The van der Waals surface area contributed by atoms with Crippen molar-refractivity contribution in [1.82, 2.24) is 4.98 Å². The van der Waals surface area contributed by atoms with Crippen molar-refractivity contribution in [3.05, 3.63) is 59.7 Å². The number of nitrogens with zero attached hydrogens (tertiary/aromatic N) is 1. The van der Waals surface area contributed by atoms with Crippen molar-refractivity contribution in [3.63, 3.8) is 0 Å². The molecule has 0 amide bonds. The molecule has 2 nitrogen and oxygen atoms in total. The summed E-state index contributed by atoms with van der Waals surface area (Å²) in [7, 11) is 0. The number of thiazole rings is 1. The fraction of sp³-hybridized carbons (Fsp3) is 0.118. The largest absolute Gasteiger partial charge is 0.384 e. The minimum Gasteiger partial charge on any atom is -0.384 e. The van der Waals surface area contributed by atoms with Crippen molar-refractivity contribution < 1.29 is 5.11 Å². The van der Waals surface area contributed by atoms with Crippen LogP contribution in [0, 0.1) is 11.8 Å². The summed E-state index contributed by atoms with van der Waals surface area (Å²) >= 11 is 3.44. The molecule has 0 radical (unpaired) electrons. The van der Waals surface area contributed by atoms with Crippen molar-refractivity contribution in [2.75, 3.05) is 6.61 Å². The second-order valence-corrected chi connectivity index (χ2v) is 6.61. The minimum absolute atomic E-state index is 0.112. The number of rotatable bonds is 3. The van der Waals surface area contributed by atoms with Gasteiger partial charge in [-0.05, 0) is 23.8 Å². The van der Waals surface area contributed by atoms with Crippen molar-refractivity contribution in [1.29, 1.82) is 0 Å². The van der Waals surface area contributed by atoms with Crippen LogP contribution >= 0.6 is 23.1 Å². The topological polar surface area (TPSA) is 33.1 Å². The van der Waals surface area contributed by atoms with Crippen LogP contribution in [0.4, 0.5) is 0 Å². The number of thioether (sulfide) groups is 1. The third-order valence-electron chi connectivity index (χ3n) is 2.94. The summed E-state index contributed by atoms with van der Waals surface area (Å²) in [5.74, 6) is 6.53. The predicted molar refractivity (Wildman–Crippen MR) is 89.6 cm³/mol. The minimum atomic E-state index is -0.112. The lowest BCUT2D eigenvalue weighted by atomic mass is 10.1. The Morgan fingerprint density at radius 3 is 2.76 bits per heavy atom. The molecule has 0 saturated heterocycles. The van der Waals surface area contributed by atoms with Crippen molar-refractivity contribution in [3.8, 4) is 11.8 Å². The Bertz CT molecular complexity index is 781. The first-order valence-corrected chi connectivity index (χ1v) is 8.33. The summed E-state index contributed by atoms with van der Waals surface area (Å²) in [6, 6.07) is 16.2. The first-order valence-electron chi connectivity index (χ1n) is 6.53. The molecule has 21 heavy (non-hydrogen) atoms. The van der Waals surface area contributed by atoms with Crippen LogP contribution in [0.2, 0.25) is 0 Å². The van der Waals surface area contributed by atoms with Gasteiger partial charge in [0.05, 0.1) is 10.2 Å². The lowest BCUT2D eigenvalue weighted by molar-refractivity contribution is 0.350. The highest BCUT2D eigenvalue weighted by molar-refractivity contribution is 8.00. The van der Waals surface area contributed by atoms with Gasteiger partial charge < -0.3 is 5.11 Å². The van der Waals surface area contributed by atoms with Gasteiger partial charge >= 0.3 is 0 Å². The number of benzene rings is 2. The molecule has 3 aromatic rings. The van der Waals surface area contributed by atoms with Gasteiger partial charge in [0, 0.05) is 11.3 Å². The number of hydrogen-bond acceptors (Lipinski definition) is 4. The smallest absolute Gasteiger partial charge is 0.151 e. The summed E-state index contributed by atoms with van der Waals surface area (Å²) in [6.45, 7) is -0.112. The Kier molecular flexibility index (Phi) is 4.56. The van der Waals surface area contributed by atoms with Gasteiger partial charge in [-0.15, -0.1) is 11.3 Å². The number of para-hydroxylation sites is 1. The summed E-state index contributed by atoms with van der Waals surface area (Å²) in [5.41, 5.74) is 3.20. The zero-order valence-corrected chi connectivity index (χ0v) is 12.9. The molecule has 0 saturated carbocycles. The maximum atomic E-state index is 8.82. The average molecular weight is 311 g/mol. The van der Waals surface area contributed by atoms with Crippen molar-refractivity contribution in [2.24, 2.45) is 0 Å². The average Bonchev–Trinajstić information content (AvgIpc) is 2.94. The zero-order chi connectivity index (χ0) is 14.5. The number of aliphatic hydroxyl groups is 1. The van der Waals surface area contributed by atoms with E-state index in [1.165, 1.54) is 10.3 Å². The van der Waals surface area contributed by atoms with Crippen LogP contribution in [0.15, 0.2) is 52.9 Å². The van der Waals surface area contributed by atoms with Crippen molar-refractivity contribution >= 4 is 33.3 Å². The van der Waals surface area contributed by atoms with E-state index in [1.54, 1.807) is 23.1 Å². The highest BCUT2D eigenvalue weighted by Gasteiger charge is 2.05. The number of hydrogen-bond donors (Lipinski definition) is 1. The SMILES string of the molecule is OCC#Cc1ccccc1CSc1nc2ccccc2s1. The van der Waals surface area contributed by atoms with Crippen LogP contribution in [0.3, 0.4) is 0 Å². The molecule has 0 spiro atoms. The Labute approximate surface area is 131 Å². The third kappa shape index (κ3) is 3.45. The summed E-state index contributed by atoms with van der Waals surface area (Å²) in [5, 5.41) is 8.82. The van der Waals surface area contributed by atoms with E-state index in [1.807, 2.05) is 36.4 Å². The fourth-order valence-electron chi connectivity index (χ4n) is 1.96. The molecule has 0 aliphatic heterocycles. The second-order valence-electron chi connectivity index (χ2n) is 4.35. The molecule has 104 valence electrons. The monoisotopic (exact) mass is 311 g/mol. The number of fused-ring (bicyclic) bond motifs is 1. The van der Waals surface area contributed by atoms with E-state index < -0.39 is 0 Å². The zero-order valence-electron chi connectivity index (χ0n) is 11.2. The highest BCUT2D eigenvalue weighted by atomic mass is 32.2. The number of aliphatic hydroxyl groups excluding tert-OH is 1. The Morgan fingerprint density at radius 1 is 1.10 bits per heavy atom. The summed E-state index contributed by atoms with van der Waals surface area (Å²) in [6.07, 6.45) is 0. The Balaban J connectivity index is 1.78. The van der Waals surface area contributed by atoms with Gasteiger partial charge in [0.25, 0.3) is 0 Å². The van der Waals surface area contributed by atoms with Crippen LogP contribution in [0.5, 0.6) is 0 Å². The molecule has 4 heteroatoms. The predicted octanol–water partition coefficient (Wildman–Crippen LogP) is 3.93. The molecule has 0 fully saturated rings. The maximum absolute atomic E-state index is 8.82. The van der Waals surface area contributed by atoms with Gasteiger partial charge in [0.2, 0.25) is 0 Å². The summed E-state index contributed by atoms with van der Waals surface area (Å²) < 4.78 is 2.29. The van der Waals surface area contributed by atoms with Gasteiger partial charge in [0.1, 0.15) is 6.61 Å². The highest BCUT2D eigenvalue weighted by Crippen LogP contribution is 2.31. The fourth-order valence-corrected chi connectivity index (χ4v) is 4.03. The lowest BCUT2D eigenvalue weighted by Crippen LogP contribution is -1.87. The molecular weight excluding hydrogens is 298 g/mol. The Hall–Kier alpha value is -1.80. The van der Waals surface area contributed by atoms with Crippen LogP contribution < -0.4 is 0 Å². The standard InChI is InChI=1S/C17H13NOS2/c19-11-5-8-13-6-1-2-7-14(13)12-20-17-18-15-9-3-4-10-16(15)21-17/h1-4,6-7,9-10,19H,11-12H2. The Morgan fingerprint density at radius 2 is 1.90 bits per heavy atom. The van der Waals surface area contributed by atoms with E-state index >= 15 is 0 Å². The molecular formula is C17H13NOS2. The van der Waals surface area contributed by atoms with Crippen LogP contribution in [0.25, 0.3) is 10.2 Å². The van der Waals surface area contributed by atoms with E-state index in [4.69, 9.17) is 5.11 Å².